The van der Waals surface area contributed by atoms with Gasteiger partial charge in [0.1, 0.15) is 6.04 Å². The maximum atomic E-state index is 10.8. The van der Waals surface area contributed by atoms with Gasteiger partial charge in [-0.05, 0) is 19.5 Å². The average Bonchev–Trinajstić information content (AvgIpc) is 2.57. The summed E-state index contributed by atoms with van der Waals surface area (Å²) in [5.74, 6) is -0.779. The van der Waals surface area contributed by atoms with Crippen molar-refractivity contribution in [2.75, 3.05) is 7.05 Å². The van der Waals surface area contributed by atoms with Crippen molar-refractivity contribution in [1.29, 1.82) is 0 Å². The van der Waals surface area contributed by atoms with Crippen LogP contribution in [0.5, 0.6) is 0 Å². The van der Waals surface area contributed by atoms with Crippen LogP contribution in [0.3, 0.4) is 0 Å². The molecule has 0 fully saturated rings. The van der Waals surface area contributed by atoms with E-state index in [9.17, 15) is 4.79 Å². The molecule has 0 radical (unpaired) electrons. The Kier molecular flexibility index (Phi) is 3.71. The van der Waals surface area contributed by atoms with Crippen molar-refractivity contribution in [2.45, 2.75) is 25.9 Å². The molecular formula is C10H15NO3. The summed E-state index contributed by atoms with van der Waals surface area (Å²) in [5, 5.41) is 8.91. The molecular weight excluding hydrogens is 182 g/mol. The molecule has 0 spiro atoms. The van der Waals surface area contributed by atoms with Gasteiger partial charge in [-0.15, -0.1) is 0 Å². The number of likely N-dealkylation sites (N-methyl/N-ethyl adjacent to an activating group) is 1. The number of hydrogen-bond donors (Lipinski definition) is 1. The summed E-state index contributed by atoms with van der Waals surface area (Å²) in [6.07, 6.45) is 3.82. The first-order chi connectivity index (χ1) is 6.65. The molecule has 4 heteroatoms. The molecule has 1 rings (SSSR count). The molecule has 0 aromatic carbocycles. The van der Waals surface area contributed by atoms with Crippen LogP contribution in [0.1, 0.15) is 18.9 Å². The van der Waals surface area contributed by atoms with Crippen LogP contribution in [-0.4, -0.2) is 29.1 Å². The SMILES string of the molecule is CCC(C(=O)O)N(C)Cc1ccoc1. The molecule has 1 atom stereocenters. The minimum Gasteiger partial charge on any atom is -0.480 e. The van der Waals surface area contributed by atoms with E-state index in [0.29, 0.717) is 13.0 Å². The second kappa shape index (κ2) is 4.81. The lowest BCUT2D eigenvalue weighted by molar-refractivity contribution is -0.143. The Hall–Kier alpha value is -1.29. The van der Waals surface area contributed by atoms with Crippen molar-refractivity contribution in [3.05, 3.63) is 24.2 Å². The lowest BCUT2D eigenvalue weighted by atomic mass is 10.2. The van der Waals surface area contributed by atoms with Gasteiger partial charge in [0.2, 0.25) is 0 Å². The normalized spacial score (nSPS) is 13.1. The van der Waals surface area contributed by atoms with Gasteiger partial charge in [0.15, 0.2) is 0 Å². The van der Waals surface area contributed by atoms with Gasteiger partial charge in [-0.25, -0.2) is 0 Å². The number of carbonyl (C=O) groups is 1. The third-order valence-electron chi connectivity index (χ3n) is 2.22. The maximum Gasteiger partial charge on any atom is 0.320 e. The van der Waals surface area contributed by atoms with E-state index in [4.69, 9.17) is 9.52 Å². The summed E-state index contributed by atoms with van der Waals surface area (Å²) in [4.78, 5) is 12.6. The number of rotatable bonds is 5. The van der Waals surface area contributed by atoms with Crippen LogP contribution in [0.25, 0.3) is 0 Å². The van der Waals surface area contributed by atoms with Gasteiger partial charge in [0.25, 0.3) is 0 Å². The van der Waals surface area contributed by atoms with Gasteiger partial charge in [-0.3, -0.25) is 9.69 Å². The highest BCUT2D eigenvalue weighted by molar-refractivity contribution is 5.73. The summed E-state index contributed by atoms with van der Waals surface area (Å²) in [7, 11) is 1.80. The highest BCUT2D eigenvalue weighted by Gasteiger charge is 2.20. The number of aliphatic carboxylic acids is 1. The van der Waals surface area contributed by atoms with Crippen LogP contribution in [-0.2, 0) is 11.3 Å². The molecule has 78 valence electrons. The summed E-state index contributed by atoms with van der Waals surface area (Å²) < 4.78 is 4.92. The zero-order chi connectivity index (χ0) is 10.6. The third-order valence-corrected chi connectivity index (χ3v) is 2.22. The van der Waals surface area contributed by atoms with E-state index in [1.807, 2.05) is 13.0 Å². The molecule has 0 saturated carbocycles. The monoisotopic (exact) mass is 197 g/mol. The first-order valence-electron chi connectivity index (χ1n) is 4.59. The fourth-order valence-corrected chi connectivity index (χ4v) is 1.46. The predicted molar refractivity (Wildman–Crippen MR) is 51.9 cm³/mol. The van der Waals surface area contributed by atoms with Crippen LogP contribution in [0.2, 0.25) is 0 Å². The van der Waals surface area contributed by atoms with Gasteiger partial charge in [0.05, 0.1) is 12.5 Å². The minimum absolute atomic E-state index is 0.426. The second-order valence-electron chi connectivity index (χ2n) is 3.31. The van der Waals surface area contributed by atoms with Crippen molar-refractivity contribution in [3.8, 4) is 0 Å². The number of furan rings is 1. The Bertz CT molecular complexity index is 282. The first kappa shape index (κ1) is 10.8. The molecule has 1 N–H and O–H groups in total. The average molecular weight is 197 g/mol. The summed E-state index contributed by atoms with van der Waals surface area (Å²) >= 11 is 0. The van der Waals surface area contributed by atoms with E-state index >= 15 is 0 Å². The van der Waals surface area contributed by atoms with Crippen LogP contribution < -0.4 is 0 Å². The van der Waals surface area contributed by atoms with Crippen molar-refractivity contribution >= 4 is 5.97 Å². The zero-order valence-electron chi connectivity index (χ0n) is 8.43. The molecule has 0 aliphatic carbocycles. The maximum absolute atomic E-state index is 10.8. The van der Waals surface area contributed by atoms with Crippen molar-refractivity contribution in [2.24, 2.45) is 0 Å². The zero-order valence-corrected chi connectivity index (χ0v) is 8.43. The number of hydrogen-bond acceptors (Lipinski definition) is 3. The van der Waals surface area contributed by atoms with Gasteiger partial charge in [-0.1, -0.05) is 6.92 Å². The van der Waals surface area contributed by atoms with E-state index < -0.39 is 12.0 Å². The van der Waals surface area contributed by atoms with Gasteiger partial charge in [-0.2, -0.15) is 0 Å². The molecule has 1 heterocycles. The molecule has 0 saturated heterocycles. The van der Waals surface area contributed by atoms with E-state index in [0.717, 1.165) is 5.56 Å². The fraction of sp³-hybridized carbons (Fsp3) is 0.500. The van der Waals surface area contributed by atoms with Gasteiger partial charge >= 0.3 is 5.97 Å². The van der Waals surface area contributed by atoms with Gasteiger partial charge < -0.3 is 9.52 Å². The van der Waals surface area contributed by atoms with Crippen molar-refractivity contribution in [3.63, 3.8) is 0 Å². The number of carboxylic acid groups (broad SMARTS) is 1. The number of nitrogens with zero attached hydrogens (tertiary/aromatic N) is 1. The van der Waals surface area contributed by atoms with Crippen LogP contribution in [0.4, 0.5) is 0 Å². The largest absolute Gasteiger partial charge is 0.480 e. The lowest BCUT2D eigenvalue weighted by Gasteiger charge is -2.22. The van der Waals surface area contributed by atoms with Gasteiger partial charge in [0, 0.05) is 12.1 Å². The smallest absolute Gasteiger partial charge is 0.320 e. The fourth-order valence-electron chi connectivity index (χ4n) is 1.46. The third kappa shape index (κ3) is 2.60. The van der Waals surface area contributed by atoms with Crippen LogP contribution in [0.15, 0.2) is 23.0 Å². The first-order valence-corrected chi connectivity index (χ1v) is 4.59. The predicted octanol–water partition coefficient (Wildman–Crippen LogP) is 1.57. The highest BCUT2D eigenvalue weighted by atomic mass is 16.4. The molecule has 1 aromatic heterocycles. The van der Waals surface area contributed by atoms with E-state index in [1.165, 1.54) is 0 Å². The minimum atomic E-state index is -0.779. The number of carboxylic acids is 1. The Morgan fingerprint density at radius 3 is 2.86 bits per heavy atom. The van der Waals surface area contributed by atoms with E-state index in [1.54, 1.807) is 24.5 Å². The second-order valence-corrected chi connectivity index (χ2v) is 3.31. The molecule has 14 heavy (non-hydrogen) atoms. The van der Waals surface area contributed by atoms with Crippen LogP contribution in [0, 0.1) is 0 Å². The Morgan fingerprint density at radius 1 is 1.71 bits per heavy atom. The topological polar surface area (TPSA) is 53.7 Å². The molecule has 0 aliphatic heterocycles. The van der Waals surface area contributed by atoms with Crippen molar-refractivity contribution < 1.29 is 14.3 Å². The standard InChI is InChI=1S/C10H15NO3/c1-3-9(10(12)13)11(2)6-8-4-5-14-7-8/h4-5,7,9H,3,6H2,1-2H3,(H,12,13). The van der Waals surface area contributed by atoms with E-state index in [2.05, 4.69) is 0 Å². The molecule has 0 bridgehead atoms. The molecule has 0 aliphatic rings. The highest BCUT2D eigenvalue weighted by Crippen LogP contribution is 2.09. The quantitative estimate of drug-likeness (QED) is 0.778. The molecule has 1 unspecified atom stereocenters. The Morgan fingerprint density at radius 2 is 2.43 bits per heavy atom. The van der Waals surface area contributed by atoms with Crippen LogP contribution >= 0.6 is 0 Å². The Balaban J connectivity index is 2.56. The molecule has 4 nitrogen and oxygen atoms in total. The Labute approximate surface area is 83.1 Å². The van der Waals surface area contributed by atoms with Crippen molar-refractivity contribution in [1.82, 2.24) is 4.90 Å². The molecule has 0 amide bonds. The molecule has 1 aromatic rings. The summed E-state index contributed by atoms with van der Waals surface area (Å²) in [6, 6.07) is 1.41. The van der Waals surface area contributed by atoms with E-state index in [-0.39, 0.29) is 0 Å². The lowest BCUT2D eigenvalue weighted by Crippen LogP contribution is -2.37. The summed E-state index contributed by atoms with van der Waals surface area (Å²) in [6.45, 7) is 2.46. The summed E-state index contributed by atoms with van der Waals surface area (Å²) in [5.41, 5.74) is 0.993.